The van der Waals surface area contributed by atoms with Gasteiger partial charge < -0.3 is 5.32 Å². The van der Waals surface area contributed by atoms with Crippen LogP contribution in [0.15, 0.2) is 54.6 Å². The molecule has 154 valence electrons. The van der Waals surface area contributed by atoms with Crippen LogP contribution in [0, 0.1) is 11.7 Å². The van der Waals surface area contributed by atoms with E-state index in [4.69, 9.17) is 0 Å². The molecule has 1 saturated heterocycles. The lowest BCUT2D eigenvalue weighted by Crippen LogP contribution is -2.35. The highest BCUT2D eigenvalue weighted by Gasteiger charge is 2.26. The largest absolute Gasteiger partial charge is 0.320 e. The fourth-order valence-corrected chi connectivity index (χ4v) is 4.29. The minimum absolute atomic E-state index is 0.0510. The van der Waals surface area contributed by atoms with Crippen LogP contribution in [0.25, 0.3) is 0 Å². The maximum atomic E-state index is 13.0. The van der Waals surface area contributed by atoms with Crippen LogP contribution in [0.2, 0.25) is 0 Å². The van der Waals surface area contributed by atoms with Crippen molar-refractivity contribution in [1.29, 1.82) is 0 Å². The lowest BCUT2D eigenvalue weighted by atomic mass is 9.89. The van der Waals surface area contributed by atoms with Gasteiger partial charge in [-0.25, -0.2) is 4.39 Å². The molecular formula is C22H21FN4O2S. The van der Waals surface area contributed by atoms with E-state index < -0.39 is 0 Å². The Labute approximate surface area is 177 Å². The van der Waals surface area contributed by atoms with E-state index in [1.165, 1.54) is 35.6 Å². The van der Waals surface area contributed by atoms with E-state index in [9.17, 15) is 14.0 Å². The van der Waals surface area contributed by atoms with Gasteiger partial charge in [-0.3, -0.25) is 14.5 Å². The number of likely N-dealkylation sites (tertiary alicyclic amines) is 1. The standard InChI is InChI=1S/C22H21FN4O2S/c23-17-6-8-18(9-7-17)24-21(29)22-26-25-19(30-22)14-27-12-10-16(11-13-27)20(28)15-4-2-1-3-5-15/h1-9,16H,10-14H2,(H,24,29). The molecule has 30 heavy (non-hydrogen) atoms. The van der Waals surface area contributed by atoms with Crippen molar-refractivity contribution in [2.75, 3.05) is 18.4 Å². The van der Waals surface area contributed by atoms with Crippen molar-refractivity contribution in [1.82, 2.24) is 15.1 Å². The number of carbonyl (C=O) groups excluding carboxylic acids is 2. The number of hydrogen-bond acceptors (Lipinski definition) is 6. The van der Waals surface area contributed by atoms with Crippen molar-refractivity contribution >= 4 is 28.7 Å². The highest BCUT2D eigenvalue weighted by atomic mass is 32.1. The molecule has 1 fully saturated rings. The first-order valence-electron chi connectivity index (χ1n) is 9.79. The van der Waals surface area contributed by atoms with E-state index in [1.807, 2.05) is 30.3 Å². The van der Waals surface area contributed by atoms with E-state index in [0.29, 0.717) is 12.2 Å². The quantitative estimate of drug-likeness (QED) is 0.605. The predicted octanol–water partition coefficient (Wildman–Crippen LogP) is 4.02. The van der Waals surface area contributed by atoms with Gasteiger partial charge in [0.05, 0.1) is 6.54 Å². The number of aromatic nitrogens is 2. The van der Waals surface area contributed by atoms with Crippen molar-refractivity contribution < 1.29 is 14.0 Å². The molecule has 6 nitrogen and oxygen atoms in total. The minimum atomic E-state index is -0.363. The molecule has 0 radical (unpaired) electrons. The Bertz CT molecular complexity index is 1020. The third kappa shape index (κ3) is 4.95. The van der Waals surface area contributed by atoms with E-state index in [1.54, 1.807) is 0 Å². The zero-order valence-electron chi connectivity index (χ0n) is 16.3. The molecule has 1 amide bonds. The van der Waals surface area contributed by atoms with Crippen molar-refractivity contribution in [2.45, 2.75) is 19.4 Å². The normalized spacial score (nSPS) is 15.1. The van der Waals surface area contributed by atoms with Crippen LogP contribution in [0.4, 0.5) is 10.1 Å². The van der Waals surface area contributed by atoms with Crippen LogP contribution in [-0.4, -0.2) is 39.9 Å². The first kappa shape index (κ1) is 20.3. The van der Waals surface area contributed by atoms with Gasteiger partial charge in [0.15, 0.2) is 5.78 Å². The van der Waals surface area contributed by atoms with Crippen LogP contribution in [0.1, 0.15) is 38.0 Å². The summed E-state index contributed by atoms with van der Waals surface area (Å²) in [6, 6.07) is 15.0. The summed E-state index contributed by atoms with van der Waals surface area (Å²) >= 11 is 1.24. The number of hydrogen-bond donors (Lipinski definition) is 1. The summed E-state index contributed by atoms with van der Waals surface area (Å²) in [7, 11) is 0. The lowest BCUT2D eigenvalue weighted by molar-refractivity contribution is 0.0834. The lowest BCUT2D eigenvalue weighted by Gasteiger charge is -2.30. The zero-order valence-corrected chi connectivity index (χ0v) is 17.1. The molecule has 3 aromatic rings. The van der Waals surface area contributed by atoms with E-state index >= 15 is 0 Å². The maximum absolute atomic E-state index is 13.0. The molecule has 0 saturated carbocycles. The third-order valence-corrected chi connectivity index (χ3v) is 6.05. The highest BCUT2D eigenvalue weighted by Crippen LogP contribution is 2.24. The van der Waals surface area contributed by atoms with Crippen molar-refractivity contribution in [3.63, 3.8) is 0 Å². The van der Waals surface area contributed by atoms with Crippen LogP contribution < -0.4 is 5.32 Å². The highest BCUT2D eigenvalue weighted by molar-refractivity contribution is 7.13. The van der Waals surface area contributed by atoms with Crippen molar-refractivity contribution in [3.8, 4) is 0 Å². The Morgan fingerprint density at radius 3 is 2.43 bits per heavy atom. The number of nitrogens with one attached hydrogen (secondary N) is 1. The van der Waals surface area contributed by atoms with Gasteiger partial charge in [-0.2, -0.15) is 0 Å². The number of ketones is 1. The van der Waals surface area contributed by atoms with Crippen molar-refractivity contribution in [3.05, 3.63) is 76.0 Å². The Balaban J connectivity index is 1.29. The molecular weight excluding hydrogens is 403 g/mol. The average Bonchev–Trinajstić information content (AvgIpc) is 3.25. The molecule has 2 aromatic carbocycles. The summed E-state index contributed by atoms with van der Waals surface area (Å²) in [6.45, 7) is 2.22. The van der Waals surface area contributed by atoms with Crippen LogP contribution in [0.3, 0.4) is 0 Å². The number of Topliss-reactive ketones (excluding diaryl/α,β-unsaturated/α-hetero) is 1. The van der Waals surface area contributed by atoms with Gasteiger partial charge >= 0.3 is 0 Å². The molecule has 0 atom stereocenters. The van der Waals surface area contributed by atoms with Crippen molar-refractivity contribution in [2.24, 2.45) is 5.92 Å². The summed E-state index contributed by atoms with van der Waals surface area (Å²) in [6.07, 6.45) is 1.62. The van der Waals surface area contributed by atoms with Crippen LogP contribution >= 0.6 is 11.3 Å². The first-order chi connectivity index (χ1) is 14.6. The number of benzene rings is 2. The molecule has 0 unspecified atom stereocenters. The Morgan fingerprint density at radius 1 is 1.03 bits per heavy atom. The number of amides is 1. The molecule has 1 aliphatic rings. The summed E-state index contributed by atoms with van der Waals surface area (Å²) < 4.78 is 13.0. The van der Waals surface area contributed by atoms with Gasteiger partial charge in [-0.1, -0.05) is 41.7 Å². The number of piperidine rings is 1. The van der Waals surface area contributed by atoms with Gasteiger partial charge in [0, 0.05) is 17.2 Å². The average molecular weight is 425 g/mol. The van der Waals surface area contributed by atoms with Gasteiger partial charge in [0.1, 0.15) is 10.8 Å². The second-order valence-corrected chi connectivity index (χ2v) is 8.30. The topological polar surface area (TPSA) is 75.2 Å². The Kier molecular flexibility index (Phi) is 6.25. The first-order valence-corrected chi connectivity index (χ1v) is 10.6. The summed E-state index contributed by atoms with van der Waals surface area (Å²) in [5, 5.41) is 11.8. The predicted molar refractivity (Wildman–Crippen MR) is 113 cm³/mol. The second-order valence-electron chi connectivity index (χ2n) is 7.24. The molecule has 1 N–H and O–H groups in total. The molecule has 0 spiro atoms. The fraction of sp³-hybridized carbons (Fsp3) is 0.273. The van der Waals surface area contributed by atoms with Gasteiger partial charge in [0.2, 0.25) is 5.01 Å². The maximum Gasteiger partial charge on any atom is 0.286 e. The number of rotatable bonds is 6. The summed E-state index contributed by atoms with van der Waals surface area (Å²) in [5.41, 5.74) is 1.28. The van der Waals surface area contributed by atoms with Gasteiger partial charge in [-0.15, -0.1) is 10.2 Å². The third-order valence-electron chi connectivity index (χ3n) is 5.14. The molecule has 0 bridgehead atoms. The minimum Gasteiger partial charge on any atom is -0.320 e. The van der Waals surface area contributed by atoms with Gasteiger partial charge in [0.25, 0.3) is 5.91 Å². The number of nitrogens with zero attached hydrogens (tertiary/aromatic N) is 3. The molecule has 1 aromatic heterocycles. The van der Waals surface area contributed by atoms with Crippen LogP contribution in [0.5, 0.6) is 0 Å². The summed E-state index contributed by atoms with van der Waals surface area (Å²) in [5.74, 6) is -0.459. The molecule has 8 heteroatoms. The molecule has 1 aliphatic heterocycles. The SMILES string of the molecule is O=C(Nc1ccc(F)cc1)c1nnc(CN2CCC(C(=O)c3ccccc3)CC2)s1. The number of carbonyl (C=O) groups is 2. The Morgan fingerprint density at radius 2 is 1.73 bits per heavy atom. The van der Waals surface area contributed by atoms with E-state index in [0.717, 1.165) is 36.5 Å². The smallest absolute Gasteiger partial charge is 0.286 e. The van der Waals surface area contributed by atoms with E-state index in [2.05, 4.69) is 20.4 Å². The monoisotopic (exact) mass is 424 g/mol. The second kappa shape index (κ2) is 9.23. The molecule has 2 heterocycles. The zero-order chi connectivity index (χ0) is 20.9. The Hall–Kier alpha value is -2.97. The molecule has 0 aliphatic carbocycles. The fourth-order valence-electron chi connectivity index (χ4n) is 3.51. The van der Waals surface area contributed by atoms with Gasteiger partial charge in [-0.05, 0) is 50.2 Å². The number of halogens is 1. The van der Waals surface area contributed by atoms with Crippen LogP contribution in [-0.2, 0) is 6.54 Å². The molecule has 4 rings (SSSR count). The summed E-state index contributed by atoms with van der Waals surface area (Å²) in [4.78, 5) is 27.1. The van der Waals surface area contributed by atoms with E-state index in [-0.39, 0.29) is 28.4 Å². The number of anilines is 1.